The fraction of sp³-hybridized carbons (Fsp3) is 0.273. The summed E-state index contributed by atoms with van der Waals surface area (Å²) < 4.78 is 0. The number of carbonyl (C=O) groups is 2. The molecule has 0 aliphatic carbocycles. The summed E-state index contributed by atoms with van der Waals surface area (Å²) in [6, 6.07) is 3.36. The molecule has 0 radical (unpaired) electrons. The molecule has 86 valence electrons. The second-order valence-corrected chi connectivity index (χ2v) is 3.56. The number of carboxylic acid groups (broad SMARTS) is 1. The maximum atomic E-state index is 11.1. The van der Waals surface area contributed by atoms with Crippen molar-refractivity contribution < 1.29 is 19.8 Å². The minimum Gasteiger partial charge on any atom is -0.507 e. The van der Waals surface area contributed by atoms with Gasteiger partial charge in [0.1, 0.15) is 11.8 Å². The number of rotatable bonds is 4. The van der Waals surface area contributed by atoms with Crippen LogP contribution in [0.4, 0.5) is 0 Å². The van der Waals surface area contributed by atoms with E-state index in [2.05, 4.69) is 0 Å². The van der Waals surface area contributed by atoms with E-state index in [1.54, 1.807) is 6.07 Å². The molecule has 1 rings (SSSR count). The molecule has 0 saturated heterocycles. The molecule has 5 heteroatoms. The first-order chi connectivity index (χ1) is 7.41. The normalized spacial score (nSPS) is 12.1. The van der Waals surface area contributed by atoms with Crippen LogP contribution in [-0.4, -0.2) is 28.0 Å². The monoisotopic (exact) mass is 223 g/mol. The van der Waals surface area contributed by atoms with Gasteiger partial charge in [-0.05, 0) is 31.0 Å². The Morgan fingerprint density at radius 3 is 2.56 bits per heavy atom. The van der Waals surface area contributed by atoms with Crippen LogP contribution in [0.5, 0.6) is 5.75 Å². The highest BCUT2D eigenvalue weighted by Gasteiger charge is 2.14. The van der Waals surface area contributed by atoms with E-state index in [-0.39, 0.29) is 23.5 Å². The van der Waals surface area contributed by atoms with Gasteiger partial charge in [0.25, 0.3) is 0 Å². The van der Waals surface area contributed by atoms with Gasteiger partial charge in [0.2, 0.25) is 0 Å². The Balaban J connectivity index is 2.95. The van der Waals surface area contributed by atoms with Crippen LogP contribution in [0.2, 0.25) is 0 Å². The zero-order valence-electron chi connectivity index (χ0n) is 8.80. The summed E-state index contributed by atoms with van der Waals surface area (Å²) in [6.07, 6.45) is 0.121. The molecule has 1 aromatic carbocycles. The lowest BCUT2D eigenvalue weighted by molar-refractivity contribution is -0.138. The summed E-state index contributed by atoms with van der Waals surface area (Å²) >= 11 is 0. The highest BCUT2D eigenvalue weighted by molar-refractivity contribution is 5.96. The fourth-order valence-corrected chi connectivity index (χ4v) is 1.33. The molecule has 0 fully saturated rings. The molecule has 0 unspecified atom stereocenters. The van der Waals surface area contributed by atoms with Crippen molar-refractivity contribution in [2.24, 2.45) is 5.73 Å². The van der Waals surface area contributed by atoms with Gasteiger partial charge in [-0.15, -0.1) is 0 Å². The van der Waals surface area contributed by atoms with E-state index in [4.69, 9.17) is 10.8 Å². The van der Waals surface area contributed by atoms with Crippen molar-refractivity contribution in [1.82, 2.24) is 0 Å². The van der Waals surface area contributed by atoms with E-state index in [0.29, 0.717) is 5.56 Å². The van der Waals surface area contributed by atoms with Gasteiger partial charge in [0.05, 0.1) is 5.56 Å². The molecule has 4 N–H and O–H groups in total. The van der Waals surface area contributed by atoms with Gasteiger partial charge in [-0.25, -0.2) is 0 Å². The fourth-order valence-electron chi connectivity index (χ4n) is 1.33. The highest BCUT2D eigenvalue weighted by Crippen LogP contribution is 2.19. The Kier molecular flexibility index (Phi) is 3.63. The van der Waals surface area contributed by atoms with Gasteiger partial charge < -0.3 is 15.9 Å². The molecule has 1 aromatic rings. The first-order valence-electron chi connectivity index (χ1n) is 4.73. The maximum Gasteiger partial charge on any atom is 0.320 e. The van der Waals surface area contributed by atoms with Crippen molar-refractivity contribution in [2.45, 2.75) is 19.4 Å². The van der Waals surface area contributed by atoms with Crippen LogP contribution in [0.15, 0.2) is 18.2 Å². The van der Waals surface area contributed by atoms with E-state index in [1.807, 2.05) is 0 Å². The lowest BCUT2D eigenvalue weighted by atomic mass is 10.0. The molecule has 0 amide bonds. The van der Waals surface area contributed by atoms with Crippen LogP contribution in [0.25, 0.3) is 0 Å². The predicted molar refractivity (Wildman–Crippen MR) is 57.4 cm³/mol. The third-order valence-electron chi connectivity index (χ3n) is 2.21. The van der Waals surface area contributed by atoms with Crippen molar-refractivity contribution in [1.29, 1.82) is 0 Å². The molecule has 0 aliphatic heterocycles. The second kappa shape index (κ2) is 4.76. The Bertz CT molecular complexity index is 428. The number of carboxylic acids is 1. The number of Topliss-reactive ketones (excluding diaryl/α,β-unsaturated/α-hetero) is 1. The third-order valence-corrected chi connectivity index (χ3v) is 2.21. The zero-order chi connectivity index (χ0) is 12.3. The number of nitrogens with two attached hydrogens (primary N) is 1. The summed E-state index contributed by atoms with van der Waals surface area (Å²) in [5.41, 5.74) is 6.15. The van der Waals surface area contributed by atoms with Crippen LogP contribution in [0.1, 0.15) is 22.8 Å². The average molecular weight is 223 g/mol. The highest BCUT2D eigenvalue weighted by atomic mass is 16.4. The maximum absolute atomic E-state index is 11.1. The quantitative estimate of drug-likeness (QED) is 0.647. The SMILES string of the molecule is CC(=O)c1cc(C[C@H](N)C(=O)O)ccc1O. The first-order valence-corrected chi connectivity index (χ1v) is 4.73. The summed E-state index contributed by atoms with van der Waals surface area (Å²) in [4.78, 5) is 21.7. The molecule has 0 bridgehead atoms. The Hall–Kier alpha value is -1.88. The standard InChI is InChI=1S/C11H13NO4/c1-6(13)8-4-7(2-3-10(8)14)5-9(12)11(15)16/h2-4,9,14H,5,12H2,1H3,(H,15,16)/t9-/m0/s1. The number of hydrogen-bond acceptors (Lipinski definition) is 4. The van der Waals surface area contributed by atoms with Gasteiger partial charge in [-0.2, -0.15) is 0 Å². The molecule has 1 atom stereocenters. The third kappa shape index (κ3) is 2.80. The zero-order valence-corrected chi connectivity index (χ0v) is 8.80. The van der Waals surface area contributed by atoms with E-state index in [9.17, 15) is 14.7 Å². The molecule has 16 heavy (non-hydrogen) atoms. The molecule has 0 saturated carbocycles. The molecule has 5 nitrogen and oxygen atoms in total. The minimum absolute atomic E-state index is 0.111. The van der Waals surface area contributed by atoms with Crippen molar-refractivity contribution in [2.75, 3.05) is 0 Å². The summed E-state index contributed by atoms with van der Waals surface area (Å²) in [5, 5.41) is 18.0. The van der Waals surface area contributed by atoms with Crippen LogP contribution in [0.3, 0.4) is 0 Å². The van der Waals surface area contributed by atoms with Gasteiger partial charge >= 0.3 is 5.97 Å². The molecular weight excluding hydrogens is 210 g/mol. The molecular formula is C11H13NO4. The first kappa shape index (κ1) is 12.2. The molecule has 0 aromatic heterocycles. The lowest BCUT2D eigenvalue weighted by Gasteiger charge is -2.08. The van der Waals surface area contributed by atoms with Gasteiger partial charge in [-0.1, -0.05) is 6.07 Å². The number of hydrogen-bond donors (Lipinski definition) is 3. The average Bonchev–Trinajstić information content (AvgIpc) is 2.20. The topological polar surface area (TPSA) is 101 Å². The number of aromatic hydroxyl groups is 1. The van der Waals surface area contributed by atoms with Gasteiger partial charge in [-0.3, -0.25) is 9.59 Å². The van der Waals surface area contributed by atoms with Crippen molar-refractivity contribution in [3.8, 4) is 5.75 Å². The molecule has 0 spiro atoms. The number of ketones is 1. The number of carbonyl (C=O) groups excluding carboxylic acids is 1. The van der Waals surface area contributed by atoms with E-state index < -0.39 is 12.0 Å². The second-order valence-electron chi connectivity index (χ2n) is 3.56. The molecule has 0 aliphatic rings. The van der Waals surface area contributed by atoms with E-state index in [0.717, 1.165) is 0 Å². The van der Waals surface area contributed by atoms with Crippen LogP contribution in [-0.2, 0) is 11.2 Å². The summed E-state index contributed by atoms with van der Waals surface area (Å²) in [7, 11) is 0. The van der Waals surface area contributed by atoms with Gasteiger partial charge in [0, 0.05) is 0 Å². The number of aliphatic carboxylic acids is 1. The number of benzene rings is 1. The van der Waals surface area contributed by atoms with Crippen molar-refractivity contribution in [3.63, 3.8) is 0 Å². The largest absolute Gasteiger partial charge is 0.507 e. The summed E-state index contributed by atoms with van der Waals surface area (Å²) in [6.45, 7) is 1.33. The van der Waals surface area contributed by atoms with E-state index >= 15 is 0 Å². The van der Waals surface area contributed by atoms with Crippen LogP contribution >= 0.6 is 0 Å². The number of phenolic OH excluding ortho intramolecular Hbond substituents is 1. The lowest BCUT2D eigenvalue weighted by Crippen LogP contribution is -2.32. The number of phenols is 1. The molecule has 0 heterocycles. The Morgan fingerprint density at radius 2 is 2.06 bits per heavy atom. The predicted octanol–water partition coefficient (Wildman–Crippen LogP) is 0.549. The van der Waals surface area contributed by atoms with Crippen molar-refractivity contribution in [3.05, 3.63) is 29.3 Å². The van der Waals surface area contributed by atoms with Crippen LogP contribution in [0, 0.1) is 0 Å². The minimum atomic E-state index is -1.10. The van der Waals surface area contributed by atoms with Gasteiger partial charge in [0.15, 0.2) is 5.78 Å². The Morgan fingerprint density at radius 1 is 1.44 bits per heavy atom. The van der Waals surface area contributed by atoms with E-state index in [1.165, 1.54) is 19.1 Å². The smallest absolute Gasteiger partial charge is 0.320 e. The summed E-state index contributed by atoms with van der Waals surface area (Å²) in [5.74, 6) is -1.49. The van der Waals surface area contributed by atoms with Crippen molar-refractivity contribution >= 4 is 11.8 Å². The Labute approximate surface area is 92.5 Å². The van der Waals surface area contributed by atoms with Crippen LogP contribution < -0.4 is 5.73 Å².